The number of aromatic nitrogens is 4. The van der Waals surface area contributed by atoms with Crippen LogP contribution in [0.3, 0.4) is 0 Å². The van der Waals surface area contributed by atoms with Crippen LogP contribution >= 0.6 is 0 Å². The van der Waals surface area contributed by atoms with Gasteiger partial charge < -0.3 is 18.6 Å². The Labute approximate surface area is 480 Å². The van der Waals surface area contributed by atoms with Crippen molar-refractivity contribution in [2.75, 3.05) is 0 Å². The van der Waals surface area contributed by atoms with Crippen molar-refractivity contribution in [2.24, 2.45) is 0 Å². The van der Waals surface area contributed by atoms with Gasteiger partial charge in [-0.2, -0.15) is 0 Å². The van der Waals surface area contributed by atoms with Crippen LogP contribution < -0.4 is 25.9 Å². The highest BCUT2D eigenvalue weighted by atomic mass is 16.5. The van der Waals surface area contributed by atoms with E-state index in [1.54, 1.807) is 0 Å². The minimum Gasteiger partial charge on any atom is -0.458 e. The summed E-state index contributed by atoms with van der Waals surface area (Å²) in [4.78, 5) is 5.60. The molecule has 0 bridgehead atoms. The molecule has 0 N–H and O–H groups in total. The molecule has 0 spiro atoms. The molecule has 0 saturated carbocycles. The van der Waals surface area contributed by atoms with Crippen LogP contribution in [0.15, 0.2) is 188 Å². The summed E-state index contributed by atoms with van der Waals surface area (Å²) in [5.41, 5.74) is 19.1. The number of rotatable bonds is 4. The van der Waals surface area contributed by atoms with Crippen molar-refractivity contribution in [1.29, 1.82) is 0 Å². The lowest BCUT2D eigenvalue weighted by molar-refractivity contribution is 0.464. The average Bonchev–Trinajstić information content (AvgIpc) is 2.45. The summed E-state index contributed by atoms with van der Waals surface area (Å²) >= 11 is 0. The van der Waals surface area contributed by atoms with Crippen LogP contribution in [0.5, 0.6) is 23.0 Å². The van der Waals surface area contributed by atoms with Gasteiger partial charge in [0.05, 0.1) is 44.5 Å². The number of hydrogen-bond acceptors (Lipinski definition) is 3. The Kier molecular flexibility index (Phi) is 10.6. The summed E-state index contributed by atoms with van der Waals surface area (Å²) in [6.07, 6.45) is 0. The number of para-hydroxylation sites is 2. The van der Waals surface area contributed by atoms with E-state index in [2.05, 4.69) is 285 Å². The Balaban J connectivity index is 0.927. The third kappa shape index (κ3) is 7.72. The average molecular weight is 1070 g/mol. The van der Waals surface area contributed by atoms with E-state index in [0.717, 1.165) is 101 Å². The van der Waals surface area contributed by atoms with Crippen LogP contribution in [0.2, 0.25) is 0 Å². The molecule has 402 valence electrons. The molecule has 6 heterocycles. The lowest BCUT2D eigenvalue weighted by atomic mass is 9.34. The predicted octanol–water partition coefficient (Wildman–Crippen LogP) is 18.0. The highest BCUT2D eigenvalue weighted by molar-refractivity contribution is 6.98. The molecule has 2 aliphatic rings. The predicted molar refractivity (Wildman–Crippen MR) is 345 cm³/mol. The van der Waals surface area contributed by atoms with Crippen molar-refractivity contribution in [1.82, 2.24) is 18.7 Å². The second-order valence-corrected chi connectivity index (χ2v) is 27.3. The van der Waals surface area contributed by atoms with Gasteiger partial charge in [0.2, 0.25) is 0 Å². The van der Waals surface area contributed by atoms with E-state index in [0.29, 0.717) is 0 Å². The molecule has 0 saturated heterocycles. The lowest BCUT2D eigenvalue weighted by Gasteiger charge is -2.34. The number of ether oxygens (including phenoxy) is 2. The van der Waals surface area contributed by atoms with Crippen molar-refractivity contribution in [2.45, 2.75) is 105 Å². The van der Waals surface area contributed by atoms with Crippen molar-refractivity contribution < 1.29 is 9.47 Å². The second kappa shape index (κ2) is 17.4. The number of benzene rings is 9. The van der Waals surface area contributed by atoms with Crippen LogP contribution in [0.25, 0.3) is 93.9 Å². The van der Waals surface area contributed by atoms with E-state index in [-0.39, 0.29) is 28.4 Å². The summed E-state index contributed by atoms with van der Waals surface area (Å²) in [7, 11) is 0. The number of fused-ring (bicyclic) bond motifs is 13. The minimum absolute atomic E-state index is 0.0200. The van der Waals surface area contributed by atoms with Gasteiger partial charge >= 0.3 is 0 Å². The molecule has 2 aliphatic heterocycles. The standard InChI is InChI=1S/C75H67BN4O2/c1-72(2,3)45-27-33-62-55(37-45)56-38-46(73(4,5)6)28-34-63(56)79(62)50-42-68-71-69(43-50)82-67-41-49(78-60-21-15-13-18-51(60)52-19-14-16-22-61(52)78)29-32-57(67)76(71)58-36-44(24-35-66(58)81-68)59-20-17-23-70(77-59)80-64-39-47(74(7,8)9)25-30-53(64)54-31-26-48(40-65(54)80)75(10,11)12/h13-43H,1-12H3. The van der Waals surface area contributed by atoms with Gasteiger partial charge in [0.1, 0.15) is 28.8 Å². The van der Waals surface area contributed by atoms with Gasteiger partial charge in [0, 0.05) is 61.7 Å². The first-order valence-corrected chi connectivity index (χ1v) is 29.1. The van der Waals surface area contributed by atoms with Crippen LogP contribution in [0, 0.1) is 0 Å². The van der Waals surface area contributed by atoms with E-state index in [4.69, 9.17) is 14.5 Å². The maximum Gasteiger partial charge on any atom is 0.260 e. The lowest BCUT2D eigenvalue weighted by Crippen LogP contribution is -2.57. The van der Waals surface area contributed by atoms with Crippen LogP contribution in [0.4, 0.5) is 0 Å². The molecular formula is C75H67BN4O2. The summed E-state index contributed by atoms with van der Waals surface area (Å²) in [6, 6.07) is 69.8. The van der Waals surface area contributed by atoms with Crippen molar-refractivity contribution in [3.8, 4) is 51.4 Å². The van der Waals surface area contributed by atoms with Gasteiger partial charge in [-0.05, 0) is 139 Å². The topological polar surface area (TPSA) is 46.1 Å². The Morgan fingerprint density at radius 1 is 0.329 bits per heavy atom. The van der Waals surface area contributed by atoms with Crippen LogP contribution in [0.1, 0.15) is 105 Å². The normalized spacial score (nSPS) is 13.5. The fourth-order valence-electron chi connectivity index (χ4n) is 13.2. The van der Waals surface area contributed by atoms with Crippen molar-refractivity contribution in [3.05, 3.63) is 210 Å². The largest absolute Gasteiger partial charge is 0.458 e. The molecule has 9 aromatic carbocycles. The zero-order valence-electron chi connectivity index (χ0n) is 49.1. The Hall–Kier alpha value is -8.81. The van der Waals surface area contributed by atoms with Crippen LogP contribution in [-0.4, -0.2) is 25.4 Å². The molecule has 6 nitrogen and oxygen atoms in total. The van der Waals surface area contributed by atoms with E-state index < -0.39 is 0 Å². The van der Waals surface area contributed by atoms with E-state index in [1.165, 1.54) is 54.6 Å². The quantitative estimate of drug-likeness (QED) is 0.165. The van der Waals surface area contributed by atoms with Gasteiger partial charge in [-0.25, -0.2) is 4.98 Å². The van der Waals surface area contributed by atoms with Crippen LogP contribution in [-0.2, 0) is 21.7 Å². The Bertz CT molecular complexity index is 4670. The maximum absolute atomic E-state index is 7.37. The summed E-state index contributed by atoms with van der Waals surface area (Å²) in [5.74, 6) is 4.09. The van der Waals surface area contributed by atoms with Gasteiger partial charge in [0.25, 0.3) is 6.71 Å². The first-order valence-electron chi connectivity index (χ1n) is 29.1. The summed E-state index contributed by atoms with van der Waals surface area (Å²) in [6.45, 7) is 27.3. The van der Waals surface area contributed by atoms with E-state index in [1.807, 2.05) is 0 Å². The summed E-state index contributed by atoms with van der Waals surface area (Å²) in [5, 5.41) is 7.36. The van der Waals surface area contributed by atoms with E-state index >= 15 is 0 Å². The molecule has 13 aromatic rings. The van der Waals surface area contributed by atoms with Gasteiger partial charge in [-0.15, -0.1) is 0 Å². The molecule has 0 amide bonds. The molecule has 4 aromatic heterocycles. The molecule has 0 fully saturated rings. The first kappa shape index (κ1) is 50.2. The first-order chi connectivity index (χ1) is 39.2. The third-order valence-corrected chi connectivity index (χ3v) is 17.8. The summed E-state index contributed by atoms with van der Waals surface area (Å²) < 4.78 is 21.8. The fraction of sp³-hybridized carbons (Fsp3) is 0.213. The highest BCUT2D eigenvalue weighted by Gasteiger charge is 2.41. The van der Waals surface area contributed by atoms with E-state index in [9.17, 15) is 0 Å². The zero-order valence-corrected chi connectivity index (χ0v) is 49.1. The van der Waals surface area contributed by atoms with Crippen molar-refractivity contribution >= 4 is 88.5 Å². The number of pyridine rings is 1. The van der Waals surface area contributed by atoms with Crippen molar-refractivity contribution in [3.63, 3.8) is 0 Å². The Morgan fingerprint density at radius 3 is 1.37 bits per heavy atom. The molecular weight excluding hydrogens is 1000 g/mol. The molecule has 0 atom stereocenters. The molecule has 0 aliphatic carbocycles. The SMILES string of the molecule is CC(C)(C)c1ccc2c(c1)c1cc(C(C)(C)C)ccc1n2-c1cc2c3c(c1)Oc1ccc(-c4cccc(-n5c6cc(C(C)(C)C)ccc6c6ccc(C(C)(C)C)cc65)n4)cc1B3c1ccc(-n3c4ccccc4c4ccccc43)cc1O2. The minimum atomic E-state index is -0.201. The zero-order chi connectivity index (χ0) is 56.5. The molecule has 15 rings (SSSR count). The Morgan fingerprint density at radius 2 is 0.805 bits per heavy atom. The van der Waals surface area contributed by atoms with Gasteiger partial charge in [-0.3, -0.25) is 4.57 Å². The second-order valence-electron chi connectivity index (χ2n) is 27.3. The molecule has 82 heavy (non-hydrogen) atoms. The fourth-order valence-corrected chi connectivity index (χ4v) is 13.2. The molecule has 0 unspecified atom stereocenters. The number of nitrogens with zero attached hydrogens (tertiary/aromatic N) is 4. The monoisotopic (exact) mass is 1070 g/mol. The third-order valence-electron chi connectivity index (χ3n) is 17.8. The molecule has 0 radical (unpaired) electrons. The maximum atomic E-state index is 7.37. The highest BCUT2D eigenvalue weighted by Crippen LogP contribution is 2.44. The smallest absolute Gasteiger partial charge is 0.260 e. The van der Waals surface area contributed by atoms with Gasteiger partial charge in [0.15, 0.2) is 0 Å². The molecule has 7 heteroatoms. The van der Waals surface area contributed by atoms with Gasteiger partial charge in [-0.1, -0.05) is 174 Å². The number of hydrogen-bond donors (Lipinski definition) is 0.